The van der Waals surface area contributed by atoms with Gasteiger partial charge in [-0.2, -0.15) is 0 Å². The van der Waals surface area contributed by atoms with Crippen LogP contribution in [0.1, 0.15) is 32.2 Å². The van der Waals surface area contributed by atoms with Gasteiger partial charge in [0.15, 0.2) is 0 Å². The van der Waals surface area contributed by atoms with Crippen LogP contribution in [0.4, 0.5) is 0 Å². The SMILES string of the molecule is Cc1c(/C=N/O)ncn1CC(C)(C)C. The Hall–Kier alpha value is -1.32. The van der Waals surface area contributed by atoms with E-state index in [4.69, 9.17) is 5.21 Å². The molecule has 0 aliphatic rings. The first-order chi connectivity index (χ1) is 6.44. The van der Waals surface area contributed by atoms with E-state index in [9.17, 15) is 0 Å². The molecule has 0 atom stereocenters. The molecule has 0 radical (unpaired) electrons. The monoisotopic (exact) mass is 195 g/mol. The van der Waals surface area contributed by atoms with Gasteiger partial charge in [-0.3, -0.25) is 0 Å². The summed E-state index contributed by atoms with van der Waals surface area (Å²) in [5.41, 5.74) is 1.97. The molecule has 0 spiro atoms. The third-order valence-corrected chi connectivity index (χ3v) is 1.96. The molecule has 0 aromatic carbocycles. The van der Waals surface area contributed by atoms with Crippen molar-refractivity contribution >= 4 is 6.21 Å². The van der Waals surface area contributed by atoms with Gasteiger partial charge in [-0.15, -0.1) is 0 Å². The zero-order valence-electron chi connectivity index (χ0n) is 9.15. The summed E-state index contributed by atoms with van der Waals surface area (Å²) in [5, 5.41) is 11.4. The van der Waals surface area contributed by atoms with Crippen LogP contribution in [0.25, 0.3) is 0 Å². The Bertz CT molecular complexity index is 334. The highest BCUT2D eigenvalue weighted by Gasteiger charge is 2.13. The number of aromatic nitrogens is 2. The molecule has 0 fully saturated rings. The minimum Gasteiger partial charge on any atom is -0.411 e. The van der Waals surface area contributed by atoms with E-state index in [0.29, 0.717) is 0 Å². The van der Waals surface area contributed by atoms with Gasteiger partial charge in [0, 0.05) is 12.2 Å². The molecule has 0 amide bonds. The van der Waals surface area contributed by atoms with Gasteiger partial charge in [0.05, 0.1) is 12.5 Å². The normalized spacial score (nSPS) is 12.6. The molecule has 0 saturated carbocycles. The van der Waals surface area contributed by atoms with Gasteiger partial charge in [-0.05, 0) is 12.3 Å². The van der Waals surface area contributed by atoms with E-state index in [-0.39, 0.29) is 5.41 Å². The largest absolute Gasteiger partial charge is 0.411 e. The maximum Gasteiger partial charge on any atom is 0.106 e. The average Bonchev–Trinajstić information content (AvgIpc) is 2.34. The van der Waals surface area contributed by atoms with Gasteiger partial charge in [0.1, 0.15) is 5.69 Å². The second kappa shape index (κ2) is 3.82. The minimum atomic E-state index is 0.221. The first-order valence-electron chi connectivity index (χ1n) is 4.63. The molecule has 78 valence electrons. The van der Waals surface area contributed by atoms with E-state index in [1.807, 2.05) is 6.92 Å². The van der Waals surface area contributed by atoms with Gasteiger partial charge >= 0.3 is 0 Å². The molecule has 0 unspecified atom stereocenters. The van der Waals surface area contributed by atoms with Crippen LogP contribution in [0.3, 0.4) is 0 Å². The molecular formula is C10H17N3O. The summed E-state index contributed by atoms with van der Waals surface area (Å²) in [6, 6.07) is 0. The number of imidazole rings is 1. The second-order valence-corrected chi connectivity index (χ2v) is 4.65. The molecule has 14 heavy (non-hydrogen) atoms. The van der Waals surface area contributed by atoms with Crippen molar-refractivity contribution in [2.24, 2.45) is 10.6 Å². The molecular weight excluding hydrogens is 178 g/mol. The Balaban J connectivity index is 2.90. The van der Waals surface area contributed by atoms with Crippen LogP contribution in [-0.2, 0) is 6.54 Å². The van der Waals surface area contributed by atoms with Crippen molar-refractivity contribution in [1.29, 1.82) is 0 Å². The Kier molecular flexibility index (Phi) is 2.93. The van der Waals surface area contributed by atoms with Crippen LogP contribution in [0.5, 0.6) is 0 Å². The van der Waals surface area contributed by atoms with Crippen LogP contribution < -0.4 is 0 Å². The van der Waals surface area contributed by atoms with Crippen molar-refractivity contribution in [2.45, 2.75) is 34.2 Å². The second-order valence-electron chi connectivity index (χ2n) is 4.65. The lowest BCUT2D eigenvalue weighted by Crippen LogP contribution is -2.15. The third kappa shape index (κ3) is 2.58. The highest BCUT2D eigenvalue weighted by molar-refractivity contribution is 5.77. The summed E-state index contributed by atoms with van der Waals surface area (Å²) in [7, 11) is 0. The molecule has 0 saturated heterocycles. The number of oxime groups is 1. The fraction of sp³-hybridized carbons (Fsp3) is 0.600. The lowest BCUT2D eigenvalue weighted by Gasteiger charge is -2.19. The summed E-state index contributed by atoms with van der Waals surface area (Å²) in [4.78, 5) is 4.14. The van der Waals surface area contributed by atoms with Gasteiger partial charge in [0.25, 0.3) is 0 Å². The van der Waals surface area contributed by atoms with Crippen molar-refractivity contribution in [3.8, 4) is 0 Å². The predicted octanol–water partition coefficient (Wildman–Crippen LogP) is 2.05. The van der Waals surface area contributed by atoms with E-state index in [1.165, 1.54) is 6.21 Å². The predicted molar refractivity (Wildman–Crippen MR) is 55.8 cm³/mol. The average molecular weight is 195 g/mol. The van der Waals surface area contributed by atoms with E-state index >= 15 is 0 Å². The van der Waals surface area contributed by atoms with Crippen LogP contribution in [0.2, 0.25) is 0 Å². The standard InChI is InChI=1S/C10H17N3O/c1-8-9(5-12-14)11-7-13(8)6-10(2,3)4/h5,7,14H,6H2,1-4H3/b12-5+. The molecule has 1 heterocycles. The maximum atomic E-state index is 8.41. The third-order valence-electron chi connectivity index (χ3n) is 1.96. The number of rotatable bonds is 2. The first kappa shape index (κ1) is 10.8. The fourth-order valence-corrected chi connectivity index (χ4v) is 1.31. The zero-order valence-corrected chi connectivity index (χ0v) is 9.15. The molecule has 4 heteroatoms. The number of nitrogens with zero attached hydrogens (tertiary/aromatic N) is 3. The van der Waals surface area contributed by atoms with Crippen molar-refractivity contribution in [1.82, 2.24) is 9.55 Å². The Morgan fingerprint density at radius 1 is 1.57 bits per heavy atom. The molecule has 1 aromatic rings. The van der Waals surface area contributed by atoms with Gasteiger partial charge < -0.3 is 9.77 Å². The quantitative estimate of drug-likeness (QED) is 0.446. The van der Waals surface area contributed by atoms with Gasteiger partial charge in [-0.1, -0.05) is 25.9 Å². The van der Waals surface area contributed by atoms with E-state index in [0.717, 1.165) is 17.9 Å². The fourth-order valence-electron chi connectivity index (χ4n) is 1.31. The van der Waals surface area contributed by atoms with Gasteiger partial charge in [0.2, 0.25) is 0 Å². The Morgan fingerprint density at radius 2 is 2.21 bits per heavy atom. The summed E-state index contributed by atoms with van der Waals surface area (Å²) in [5.74, 6) is 0. The van der Waals surface area contributed by atoms with Crippen LogP contribution in [0, 0.1) is 12.3 Å². The lowest BCUT2D eigenvalue weighted by atomic mass is 9.97. The number of hydrogen-bond acceptors (Lipinski definition) is 3. The van der Waals surface area contributed by atoms with Gasteiger partial charge in [-0.25, -0.2) is 4.98 Å². The van der Waals surface area contributed by atoms with Crippen LogP contribution in [-0.4, -0.2) is 21.0 Å². The minimum absolute atomic E-state index is 0.221. The van der Waals surface area contributed by atoms with Crippen molar-refractivity contribution in [2.75, 3.05) is 0 Å². The summed E-state index contributed by atoms with van der Waals surface area (Å²) < 4.78 is 2.07. The van der Waals surface area contributed by atoms with Crippen molar-refractivity contribution in [3.05, 3.63) is 17.7 Å². The molecule has 1 rings (SSSR count). The topological polar surface area (TPSA) is 50.4 Å². The zero-order chi connectivity index (χ0) is 10.8. The lowest BCUT2D eigenvalue weighted by molar-refractivity contribution is 0.321. The molecule has 0 aliphatic heterocycles. The number of hydrogen-bond donors (Lipinski definition) is 1. The van der Waals surface area contributed by atoms with Crippen LogP contribution >= 0.6 is 0 Å². The van der Waals surface area contributed by atoms with E-state index < -0.39 is 0 Å². The molecule has 0 aliphatic carbocycles. The van der Waals surface area contributed by atoms with Crippen LogP contribution in [0.15, 0.2) is 11.5 Å². The highest BCUT2D eigenvalue weighted by Crippen LogP contribution is 2.18. The molecule has 1 aromatic heterocycles. The molecule has 0 bridgehead atoms. The molecule has 1 N–H and O–H groups in total. The van der Waals surface area contributed by atoms with Crippen molar-refractivity contribution < 1.29 is 5.21 Å². The summed E-state index contributed by atoms with van der Waals surface area (Å²) >= 11 is 0. The maximum absolute atomic E-state index is 8.41. The smallest absolute Gasteiger partial charge is 0.106 e. The summed E-state index contributed by atoms with van der Waals surface area (Å²) in [6.45, 7) is 9.39. The van der Waals surface area contributed by atoms with Crippen molar-refractivity contribution in [3.63, 3.8) is 0 Å². The Labute approximate surface area is 84.3 Å². The van der Waals surface area contributed by atoms with E-state index in [1.54, 1.807) is 6.33 Å². The van der Waals surface area contributed by atoms with E-state index in [2.05, 4.69) is 35.5 Å². The Morgan fingerprint density at radius 3 is 2.71 bits per heavy atom. The highest BCUT2D eigenvalue weighted by atomic mass is 16.4. The molecule has 4 nitrogen and oxygen atoms in total. The first-order valence-corrected chi connectivity index (χ1v) is 4.63. The summed E-state index contributed by atoms with van der Waals surface area (Å²) in [6.07, 6.45) is 3.13.